The first kappa shape index (κ1) is 43.3. The number of amides is 6. The molecular formula is C36H51N15O6. The van der Waals surface area contributed by atoms with Crippen LogP contribution in [0.4, 0.5) is 0 Å². The van der Waals surface area contributed by atoms with Gasteiger partial charge in [0.05, 0.1) is 37.1 Å². The molecule has 21 nitrogen and oxygen atoms in total. The van der Waals surface area contributed by atoms with Crippen molar-refractivity contribution in [3.8, 4) is 0 Å². The van der Waals surface area contributed by atoms with Gasteiger partial charge in [-0.15, -0.1) is 0 Å². The summed E-state index contributed by atoms with van der Waals surface area (Å²) in [6.07, 6.45) is 9.72. The Kier molecular flexibility index (Phi) is 16.0. The zero-order valence-corrected chi connectivity index (χ0v) is 31.9. The summed E-state index contributed by atoms with van der Waals surface area (Å²) in [6, 6.07) is -0.214. The lowest BCUT2D eigenvalue weighted by atomic mass is 10.0. The molecule has 306 valence electrons. The second-order valence-corrected chi connectivity index (χ2v) is 13.7. The van der Waals surface area contributed by atoms with Gasteiger partial charge in [0.25, 0.3) is 0 Å². The summed E-state index contributed by atoms with van der Waals surface area (Å²) in [7, 11) is 0. The van der Waals surface area contributed by atoms with Crippen LogP contribution in [0.5, 0.6) is 0 Å². The summed E-state index contributed by atoms with van der Waals surface area (Å²) < 4.78 is 0. The van der Waals surface area contributed by atoms with E-state index < -0.39 is 71.7 Å². The molecule has 4 aromatic rings. The van der Waals surface area contributed by atoms with Crippen molar-refractivity contribution in [1.29, 1.82) is 0 Å². The molecule has 15 N–H and O–H groups in total. The quantitative estimate of drug-likeness (QED) is 0.0400. The lowest BCUT2D eigenvalue weighted by Crippen LogP contribution is -2.51. The van der Waals surface area contributed by atoms with Gasteiger partial charge in [-0.25, -0.2) is 15.0 Å². The molecule has 4 rings (SSSR count). The van der Waals surface area contributed by atoms with Crippen LogP contribution < -0.4 is 49.1 Å². The molecule has 0 unspecified atom stereocenters. The van der Waals surface area contributed by atoms with E-state index in [2.05, 4.69) is 61.8 Å². The van der Waals surface area contributed by atoms with E-state index in [4.69, 9.17) is 17.2 Å². The van der Waals surface area contributed by atoms with E-state index in [0.29, 0.717) is 33.8 Å². The molecule has 0 bridgehead atoms. The number of carbonyl (C=O) groups is 6. The first-order chi connectivity index (χ1) is 27.2. The van der Waals surface area contributed by atoms with Crippen molar-refractivity contribution in [3.05, 3.63) is 89.5 Å². The lowest BCUT2D eigenvalue weighted by Gasteiger charge is -2.19. The SMILES string of the molecule is C[C@H](NC(=O)[C@@H](N)Cc1cnc[nH]1)C(=O)NCc1cc(CNC(=O)[C@H](C)NC(=O)[C@@H](N)Cc2cnc[nH]2)cc(CNC(=O)[C@H](C)NC(=O)[C@@H](N)Cc2cnc[nH]2)c1. The first-order valence-corrected chi connectivity index (χ1v) is 18.2. The minimum atomic E-state index is -0.917. The van der Waals surface area contributed by atoms with E-state index in [-0.39, 0.29) is 38.9 Å². The van der Waals surface area contributed by atoms with E-state index in [1.807, 2.05) is 0 Å². The highest BCUT2D eigenvalue weighted by atomic mass is 16.2. The first-order valence-electron chi connectivity index (χ1n) is 18.2. The van der Waals surface area contributed by atoms with Gasteiger partial charge in [0, 0.05) is 74.6 Å². The molecule has 57 heavy (non-hydrogen) atoms. The fraction of sp³-hybridized carbons (Fsp3) is 0.417. The number of aromatic amines is 3. The van der Waals surface area contributed by atoms with Crippen LogP contribution in [-0.2, 0) is 67.7 Å². The summed E-state index contributed by atoms with van der Waals surface area (Å²) in [4.78, 5) is 97.2. The van der Waals surface area contributed by atoms with Gasteiger partial charge in [-0.2, -0.15) is 0 Å². The third kappa shape index (κ3) is 14.0. The monoisotopic (exact) mass is 789 g/mol. The number of nitrogens with two attached hydrogens (primary N) is 3. The molecule has 0 radical (unpaired) electrons. The van der Waals surface area contributed by atoms with Crippen molar-refractivity contribution >= 4 is 35.4 Å². The number of nitrogens with one attached hydrogen (secondary N) is 9. The summed E-state index contributed by atoms with van der Waals surface area (Å²) in [5.74, 6) is -2.97. The van der Waals surface area contributed by atoms with Crippen molar-refractivity contribution < 1.29 is 28.8 Å². The Hall–Kier alpha value is -6.45. The highest BCUT2D eigenvalue weighted by Crippen LogP contribution is 2.12. The van der Waals surface area contributed by atoms with Crippen LogP contribution in [0.3, 0.4) is 0 Å². The molecule has 0 aliphatic heterocycles. The molecule has 6 atom stereocenters. The van der Waals surface area contributed by atoms with Gasteiger partial charge in [0.2, 0.25) is 35.4 Å². The van der Waals surface area contributed by atoms with E-state index in [1.165, 1.54) is 39.8 Å². The zero-order valence-electron chi connectivity index (χ0n) is 31.9. The summed E-state index contributed by atoms with van der Waals surface area (Å²) >= 11 is 0. The maximum atomic E-state index is 13.0. The Morgan fingerprint density at radius 1 is 0.491 bits per heavy atom. The zero-order chi connectivity index (χ0) is 41.5. The fourth-order valence-electron chi connectivity index (χ4n) is 5.51. The van der Waals surface area contributed by atoms with Crippen molar-refractivity contribution in [2.24, 2.45) is 17.2 Å². The standard InChI is InChI=1S/C36H51N15O6/c1-19(49-34(55)28(37)7-25-13-40-16-46-25)31(52)43-10-22-4-23(11-44-32(53)20(2)50-35(56)29(38)8-26-14-41-17-47-26)6-24(5-22)12-45-33(54)21(3)51-36(57)30(39)9-27-15-42-18-48-27/h4-6,13-21,28-30H,7-12,37-39H2,1-3H3,(H,40,46)(H,41,47)(H,42,48)(H,43,52)(H,44,53)(H,45,54)(H,49,55)(H,50,56)(H,51,57)/t19-,20-,21-,28-,29-,30-/m0/s1. The van der Waals surface area contributed by atoms with Crippen LogP contribution >= 0.6 is 0 Å². The molecule has 0 fully saturated rings. The third-order valence-electron chi connectivity index (χ3n) is 8.76. The Balaban J connectivity index is 1.36. The van der Waals surface area contributed by atoms with Gasteiger partial charge >= 0.3 is 0 Å². The van der Waals surface area contributed by atoms with Crippen LogP contribution in [0.1, 0.15) is 54.5 Å². The molecule has 3 heterocycles. The second kappa shape index (κ2) is 21.0. The summed E-state index contributed by atoms with van der Waals surface area (Å²) in [5.41, 5.74) is 21.9. The minimum absolute atomic E-state index is 0.0311. The maximum Gasteiger partial charge on any atom is 0.242 e. The van der Waals surface area contributed by atoms with Crippen molar-refractivity contribution in [1.82, 2.24) is 61.8 Å². The number of hydrogen-bond donors (Lipinski definition) is 12. The largest absolute Gasteiger partial charge is 0.350 e. The predicted octanol–water partition coefficient (Wildman–Crippen LogP) is -3.07. The molecule has 0 spiro atoms. The number of carbonyl (C=O) groups excluding carboxylic acids is 6. The number of H-pyrrole nitrogens is 3. The minimum Gasteiger partial charge on any atom is -0.350 e. The molecule has 0 saturated heterocycles. The summed E-state index contributed by atoms with van der Waals surface area (Å²) in [5, 5.41) is 16.2. The number of nitrogens with zero attached hydrogens (tertiary/aromatic N) is 3. The number of rotatable bonds is 21. The topological polar surface area (TPSA) is 339 Å². The van der Waals surface area contributed by atoms with Crippen molar-refractivity contribution in [2.45, 2.75) is 95.9 Å². The number of aromatic nitrogens is 6. The molecule has 0 saturated carbocycles. The Morgan fingerprint density at radius 2 is 0.754 bits per heavy atom. The average molecular weight is 790 g/mol. The highest BCUT2D eigenvalue weighted by molar-refractivity contribution is 5.91. The fourth-order valence-corrected chi connectivity index (χ4v) is 5.51. The molecular weight excluding hydrogens is 738 g/mol. The summed E-state index contributed by atoms with van der Waals surface area (Å²) in [6.45, 7) is 4.67. The third-order valence-corrected chi connectivity index (χ3v) is 8.76. The number of hydrogen-bond acceptors (Lipinski definition) is 12. The van der Waals surface area contributed by atoms with Gasteiger partial charge < -0.3 is 64.1 Å². The normalized spacial score (nSPS) is 14.2. The van der Waals surface area contributed by atoms with E-state index in [9.17, 15) is 28.8 Å². The van der Waals surface area contributed by atoms with E-state index in [1.54, 1.807) is 36.8 Å². The average Bonchev–Trinajstić information content (AvgIpc) is 4.00. The lowest BCUT2D eigenvalue weighted by molar-refractivity contribution is -0.129. The predicted molar refractivity (Wildman–Crippen MR) is 206 cm³/mol. The van der Waals surface area contributed by atoms with Gasteiger partial charge in [-0.05, 0) is 37.5 Å². The van der Waals surface area contributed by atoms with Gasteiger partial charge in [0.1, 0.15) is 18.1 Å². The number of imidazole rings is 3. The highest BCUT2D eigenvalue weighted by Gasteiger charge is 2.24. The van der Waals surface area contributed by atoms with Gasteiger partial charge in [-0.1, -0.05) is 18.2 Å². The van der Waals surface area contributed by atoms with Crippen LogP contribution in [0.2, 0.25) is 0 Å². The van der Waals surface area contributed by atoms with E-state index >= 15 is 0 Å². The number of benzene rings is 1. The Labute approximate surface area is 328 Å². The van der Waals surface area contributed by atoms with Crippen molar-refractivity contribution in [3.63, 3.8) is 0 Å². The second-order valence-electron chi connectivity index (χ2n) is 13.7. The van der Waals surface area contributed by atoms with E-state index in [0.717, 1.165) is 0 Å². The van der Waals surface area contributed by atoms with Crippen molar-refractivity contribution in [2.75, 3.05) is 0 Å². The van der Waals surface area contributed by atoms with Gasteiger partial charge in [0.15, 0.2) is 0 Å². The molecule has 3 aromatic heterocycles. The maximum absolute atomic E-state index is 13.0. The molecule has 0 aliphatic rings. The Morgan fingerprint density at radius 3 is 0.982 bits per heavy atom. The smallest absolute Gasteiger partial charge is 0.242 e. The Bertz CT molecular complexity index is 1700. The van der Waals surface area contributed by atoms with Crippen LogP contribution in [-0.4, -0.2) is 102 Å². The molecule has 21 heteroatoms. The molecule has 1 aromatic carbocycles. The van der Waals surface area contributed by atoms with Gasteiger partial charge in [-0.3, -0.25) is 28.8 Å². The van der Waals surface area contributed by atoms with Crippen LogP contribution in [0.25, 0.3) is 0 Å². The molecule has 6 amide bonds. The van der Waals surface area contributed by atoms with Crippen LogP contribution in [0, 0.1) is 0 Å². The molecule has 0 aliphatic carbocycles. The van der Waals surface area contributed by atoms with Crippen LogP contribution in [0.15, 0.2) is 55.8 Å².